The van der Waals surface area contributed by atoms with Gasteiger partial charge in [-0.2, -0.15) is 0 Å². The number of pyridine rings is 1. The second-order valence-electron chi connectivity index (χ2n) is 4.94. The lowest BCUT2D eigenvalue weighted by Crippen LogP contribution is -2.33. The first-order valence-corrected chi connectivity index (χ1v) is 6.08. The van der Waals surface area contributed by atoms with Crippen molar-refractivity contribution in [2.24, 2.45) is 0 Å². The van der Waals surface area contributed by atoms with E-state index in [1.54, 1.807) is 12.4 Å². The van der Waals surface area contributed by atoms with E-state index in [2.05, 4.69) is 15.6 Å². The van der Waals surface area contributed by atoms with Crippen LogP contribution in [0.1, 0.15) is 27.2 Å². The number of rotatable bonds is 5. The van der Waals surface area contributed by atoms with Gasteiger partial charge < -0.3 is 15.4 Å². The Hall–Kier alpha value is -1.78. The van der Waals surface area contributed by atoms with Crippen molar-refractivity contribution in [1.82, 2.24) is 10.3 Å². The van der Waals surface area contributed by atoms with Gasteiger partial charge in [0, 0.05) is 31.2 Å². The van der Waals surface area contributed by atoms with E-state index >= 15 is 0 Å². The first kappa shape index (κ1) is 14.3. The number of hydrogen-bond donors (Lipinski definition) is 2. The van der Waals surface area contributed by atoms with Crippen molar-refractivity contribution in [1.29, 1.82) is 0 Å². The van der Waals surface area contributed by atoms with Crippen LogP contribution in [-0.4, -0.2) is 29.8 Å². The predicted molar refractivity (Wildman–Crippen MR) is 71.6 cm³/mol. The number of nitrogens with zero attached hydrogens (tertiary/aromatic N) is 1. The summed E-state index contributed by atoms with van der Waals surface area (Å²) in [6.07, 6.45) is 3.94. The van der Waals surface area contributed by atoms with Crippen LogP contribution in [0.4, 0.5) is 10.5 Å². The van der Waals surface area contributed by atoms with Crippen molar-refractivity contribution in [3.05, 3.63) is 24.5 Å². The Morgan fingerprint density at radius 2 is 1.94 bits per heavy atom. The second kappa shape index (κ2) is 6.83. The molecule has 0 aromatic carbocycles. The van der Waals surface area contributed by atoms with Crippen LogP contribution in [0.25, 0.3) is 0 Å². The SMILES string of the molecule is CC(C)(C)OC(=O)NCCCNc1ccncc1. The molecule has 0 bridgehead atoms. The van der Waals surface area contributed by atoms with Gasteiger partial charge in [0.1, 0.15) is 5.60 Å². The van der Waals surface area contributed by atoms with Gasteiger partial charge in [0.05, 0.1) is 0 Å². The molecule has 5 nitrogen and oxygen atoms in total. The second-order valence-corrected chi connectivity index (χ2v) is 4.94. The number of anilines is 1. The molecule has 1 aromatic rings. The lowest BCUT2D eigenvalue weighted by Gasteiger charge is -2.19. The molecule has 18 heavy (non-hydrogen) atoms. The highest BCUT2D eigenvalue weighted by Gasteiger charge is 2.15. The Morgan fingerprint density at radius 1 is 1.28 bits per heavy atom. The van der Waals surface area contributed by atoms with E-state index in [4.69, 9.17) is 4.74 Å². The van der Waals surface area contributed by atoms with Crippen molar-refractivity contribution in [2.75, 3.05) is 18.4 Å². The summed E-state index contributed by atoms with van der Waals surface area (Å²) < 4.78 is 5.12. The van der Waals surface area contributed by atoms with Crippen LogP contribution in [0.15, 0.2) is 24.5 Å². The molecule has 5 heteroatoms. The Labute approximate surface area is 108 Å². The average Bonchev–Trinajstić information content (AvgIpc) is 2.27. The minimum atomic E-state index is -0.445. The lowest BCUT2D eigenvalue weighted by molar-refractivity contribution is 0.0528. The van der Waals surface area contributed by atoms with Gasteiger partial charge in [0.2, 0.25) is 0 Å². The molecule has 1 heterocycles. The monoisotopic (exact) mass is 251 g/mol. The minimum Gasteiger partial charge on any atom is -0.444 e. The van der Waals surface area contributed by atoms with E-state index in [0.29, 0.717) is 6.54 Å². The number of carbonyl (C=O) groups is 1. The Morgan fingerprint density at radius 3 is 2.56 bits per heavy atom. The molecule has 1 aromatic heterocycles. The van der Waals surface area contributed by atoms with Crippen molar-refractivity contribution in [3.63, 3.8) is 0 Å². The van der Waals surface area contributed by atoms with Crippen LogP contribution in [-0.2, 0) is 4.74 Å². The van der Waals surface area contributed by atoms with Crippen LogP contribution in [0.2, 0.25) is 0 Å². The Balaban J connectivity index is 2.07. The first-order valence-electron chi connectivity index (χ1n) is 6.08. The van der Waals surface area contributed by atoms with E-state index in [-0.39, 0.29) is 6.09 Å². The molecule has 0 spiro atoms. The fraction of sp³-hybridized carbons (Fsp3) is 0.538. The van der Waals surface area contributed by atoms with Gasteiger partial charge >= 0.3 is 6.09 Å². The highest BCUT2D eigenvalue weighted by atomic mass is 16.6. The number of nitrogens with one attached hydrogen (secondary N) is 2. The van der Waals surface area contributed by atoms with Crippen LogP contribution in [0.5, 0.6) is 0 Å². The predicted octanol–water partition coefficient (Wildman–Crippen LogP) is 2.41. The topological polar surface area (TPSA) is 63.2 Å². The largest absolute Gasteiger partial charge is 0.444 e. The molecule has 2 N–H and O–H groups in total. The zero-order valence-electron chi connectivity index (χ0n) is 11.2. The van der Waals surface area contributed by atoms with Crippen LogP contribution < -0.4 is 10.6 Å². The van der Waals surface area contributed by atoms with Gasteiger partial charge in [-0.25, -0.2) is 4.79 Å². The number of carbonyl (C=O) groups excluding carboxylic acids is 1. The van der Waals surface area contributed by atoms with Gasteiger partial charge in [-0.05, 0) is 39.3 Å². The van der Waals surface area contributed by atoms with E-state index < -0.39 is 5.60 Å². The fourth-order valence-corrected chi connectivity index (χ4v) is 1.30. The van der Waals surface area contributed by atoms with Crippen molar-refractivity contribution >= 4 is 11.8 Å². The third-order valence-corrected chi connectivity index (χ3v) is 2.03. The van der Waals surface area contributed by atoms with Crippen LogP contribution in [0.3, 0.4) is 0 Å². The zero-order valence-corrected chi connectivity index (χ0v) is 11.2. The first-order chi connectivity index (χ1) is 8.47. The molecule has 1 rings (SSSR count). The summed E-state index contributed by atoms with van der Waals surface area (Å²) in [5.41, 5.74) is 0.585. The summed E-state index contributed by atoms with van der Waals surface area (Å²) in [5.74, 6) is 0. The van der Waals surface area contributed by atoms with Crippen molar-refractivity contribution in [2.45, 2.75) is 32.8 Å². The molecule has 0 saturated heterocycles. The van der Waals surface area contributed by atoms with E-state index in [1.165, 1.54) is 0 Å². The highest BCUT2D eigenvalue weighted by Crippen LogP contribution is 2.06. The summed E-state index contributed by atoms with van der Waals surface area (Å²) in [6, 6.07) is 3.81. The molecule has 1 amide bonds. The van der Waals surface area contributed by atoms with Gasteiger partial charge in [-0.15, -0.1) is 0 Å². The van der Waals surface area contributed by atoms with Gasteiger partial charge in [-0.1, -0.05) is 0 Å². The smallest absolute Gasteiger partial charge is 0.407 e. The van der Waals surface area contributed by atoms with E-state index in [9.17, 15) is 4.79 Å². The third kappa shape index (κ3) is 6.73. The van der Waals surface area contributed by atoms with E-state index in [0.717, 1.165) is 18.7 Å². The summed E-state index contributed by atoms with van der Waals surface area (Å²) >= 11 is 0. The summed E-state index contributed by atoms with van der Waals surface area (Å²) in [4.78, 5) is 15.3. The average molecular weight is 251 g/mol. The van der Waals surface area contributed by atoms with Crippen LogP contribution in [0, 0.1) is 0 Å². The number of ether oxygens (including phenoxy) is 1. The molecule has 0 aliphatic heterocycles. The number of alkyl carbamates (subject to hydrolysis) is 1. The lowest BCUT2D eigenvalue weighted by atomic mass is 10.2. The summed E-state index contributed by atoms with van der Waals surface area (Å²) in [5, 5.41) is 5.95. The van der Waals surface area contributed by atoms with Crippen molar-refractivity contribution < 1.29 is 9.53 Å². The maximum atomic E-state index is 11.3. The number of hydrogen-bond acceptors (Lipinski definition) is 4. The molecular weight excluding hydrogens is 230 g/mol. The number of amides is 1. The molecule has 100 valence electrons. The molecule has 0 aliphatic carbocycles. The maximum absolute atomic E-state index is 11.3. The Kier molecular flexibility index (Phi) is 5.42. The molecule has 0 aliphatic rings. The van der Waals surface area contributed by atoms with Crippen molar-refractivity contribution in [3.8, 4) is 0 Å². The normalized spacial score (nSPS) is 10.8. The maximum Gasteiger partial charge on any atom is 0.407 e. The molecule has 0 fully saturated rings. The fourth-order valence-electron chi connectivity index (χ4n) is 1.30. The zero-order chi connectivity index (χ0) is 13.4. The summed E-state index contributed by atoms with van der Waals surface area (Å²) in [6.45, 7) is 6.92. The quantitative estimate of drug-likeness (QED) is 0.789. The van der Waals surface area contributed by atoms with Gasteiger partial charge in [0.15, 0.2) is 0 Å². The minimum absolute atomic E-state index is 0.369. The molecule has 0 saturated carbocycles. The molecule has 0 unspecified atom stereocenters. The Bertz CT molecular complexity index is 360. The number of aromatic nitrogens is 1. The van der Waals surface area contributed by atoms with E-state index in [1.807, 2.05) is 32.9 Å². The van der Waals surface area contributed by atoms with Gasteiger partial charge in [-0.3, -0.25) is 4.98 Å². The molecule has 0 atom stereocenters. The molecule has 0 radical (unpaired) electrons. The standard InChI is InChI=1S/C13H21N3O2/c1-13(2,3)18-12(17)16-8-4-7-15-11-5-9-14-10-6-11/h5-6,9-10H,4,7-8H2,1-3H3,(H,14,15)(H,16,17). The highest BCUT2D eigenvalue weighted by molar-refractivity contribution is 5.67. The summed E-state index contributed by atoms with van der Waals surface area (Å²) in [7, 11) is 0. The van der Waals surface area contributed by atoms with Crippen LogP contribution >= 0.6 is 0 Å². The third-order valence-electron chi connectivity index (χ3n) is 2.03. The molecular formula is C13H21N3O2. The van der Waals surface area contributed by atoms with Gasteiger partial charge in [0.25, 0.3) is 0 Å².